The van der Waals surface area contributed by atoms with Gasteiger partial charge in [-0.3, -0.25) is 0 Å². The van der Waals surface area contributed by atoms with Crippen LogP contribution in [0.15, 0.2) is 6.20 Å². The summed E-state index contributed by atoms with van der Waals surface area (Å²) in [6.45, 7) is 0. The Kier molecular flexibility index (Phi) is 5.27. The quantitative estimate of drug-likeness (QED) is 0.637. The minimum atomic E-state index is -3.13. The summed E-state index contributed by atoms with van der Waals surface area (Å²) < 4.78 is 28.0. The van der Waals surface area contributed by atoms with Crippen LogP contribution in [-0.2, 0) is 14.6 Å². The third kappa shape index (κ3) is 4.43. The molecule has 0 saturated carbocycles. The summed E-state index contributed by atoms with van der Waals surface area (Å²) in [7, 11) is -3.13. The molecule has 11 heteroatoms. The fourth-order valence-electron chi connectivity index (χ4n) is 2.53. The van der Waals surface area contributed by atoms with Crippen LogP contribution < -0.4 is 5.73 Å². The van der Waals surface area contributed by atoms with Gasteiger partial charge in [-0.2, -0.15) is 0 Å². The van der Waals surface area contributed by atoms with Gasteiger partial charge in [0.1, 0.15) is 27.7 Å². The van der Waals surface area contributed by atoms with Crippen LogP contribution in [0.2, 0.25) is 5.28 Å². The number of carbonyl (C=O) groups is 1. The minimum Gasteiger partial charge on any atom is -0.504 e. The van der Waals surface area contributed by atoms with Crippen molar-refractivity contribution < 1.29 is 28.2 Å². The zero-order valence-corrected chi connectivity index (χ0v) is 13.5. The summed E-state index contributed by atoms with van der Waals surface area (Å²) in [5.74, 6) is -1.04. The number of nitrogens with two attached hydrogens (primary N) is 1. The van der Waals surface area contributed by atoms with Crippen molar-refractivity contribution in [2.75, 3.05) is 11.5 Å². The Balaban J connectivity index is 2.27. The topological polar surface area (TPSA) is 153 Å². The number of nitrogens with zero attached hydrogens (tertiary/aromatic N) is 2. The number of halogens is 1. The molecule has 1 saturated heterocycles. The second-order valence-electron chi connectivity index (χ2n) is 5.25. The Morgan fingerprint density at radius 2 is 2.04 bits per heavy atom. The van der Waals surface area contributed by atoms with Crippen LogP contribution in [-0.4, -0.2) is 52.3 Å². The Morgan fingerprint density at radius 3 is 2.61 bits per heavy atom. The SMILES string of the molecule is NC(=O)OC(C1CCS(=O)(=O)CC1)C(O)c1nc(Cl)ncc1O. The van der Waals surface area contributed by atoms with E-state index in [1.807, 2.05) is 0 Å². The molecule has 23 heavy (non-hydrogen) atoms. The van der Waals surface area contributed by atoms with E-state index in [9.17, 15) is 23.4 Å². The number of amides is 1. The Bertz CT molecular complexity index is 684. The summed E-state index contributed by atoms with van der Waals surface area (Å²) in [5, 5.41) is 20.0. The van der Waals surface area contributed by atoms with Crippen molar-refractivity contribution in [2.24, 2.45) is 11.7 Å². The van der Waals surface area contributed by atoms with E-state index >= 15 is 0 Å². The van der Waals surface area contributed by atoms with Gasteiger partial charge in [-0.25, -0.2) is 23.2 Å². The zero-order chi connectivity index (χ0) is 17.2. The first-order valence-electron chi connectivity index (χ1n) is 6.75. The second kappa shape index (κ2) is 6.85. The molecule has 1 fully saturated rings. The zero-order valence-electron chi connectivity index (χ0n) is 11.9. The van der Waals surface area contributed by atoms with E-state index in [0.29, 0.717) is 0 Å². The number of rotatable bonds is 4. The van der Waals surface area contributed by atoms with Crippen molar-refractivity contribution in [1.29, 1.82) is 0 Å². The highest BCUT2D eigenvalue weighted by Gasteiger charge is 2.38. The summed E-state index contributed by atoms with van der Waals surface area (Å²) in [5.41, 5.74) is 4.81. The van der Waals surface area contributed by atoms with Gasteiger partial charge in [0.05, 0.1) is 17.7 Å². The highest BCUT2D eigenvalue weighted by molar-refractivity contribution is 7.91. The maximum Gasteiger partial charge on any atom is 0.404 e. The van der Waals surface area contributed by atoms with Crippen LogP contribution in [0.3, 0.4) is 0 Å². The monoisotopic (exact) mass is 365 g/mol. The molecule has 2 rings (SSSR count). The normalized spacial score (nSPS) is 20.6. The number of carbonyl (C=O) groups excluding carboxylic acids is 1. The summed E-state index contributed by atoms with van der Waals surface area (Å²) in [6, 6.07) is 0. The van der Waals surface area contributed by atoms with Crippen molar-refractivity contribution in [2.45, 2.75) is 25.0 Å². The van der Waals surface area contributed by atoms with Gasteiger partial charge in [0.25, 0.3) is 0 Å². The lowest BCUT2D eigenvalue weighted by Gasteiger charge is -2.32. The average molecular weight is 366 g/mol. The van der Waals surface area contributed by atoms with Gasteiger partial charge in [-0.1, -0.05) is 0 Å². The fourth-order valence-corrected chi connectivity index (χ4v) is 4.20. The Labute approximate surface area is 137 Å². The summed E-state index contributed by atoms with van der Waals surface area (Å²) in [6.07, 6.45) is -2.41. The smallest absolute Gasteiger partial charge is 0.404 e. The molecular weight excluding hydrogens is 350 g/mol. The molecule has 0 aromatic carbocycles. The predicted molar refractivity (Wildman–Crippen MR) is 79.5 cm³/mol. The number of sulfone groups is 1. The molecule has 0 spiro atoms. The minimum absolute atomic E-state index is 0.0838. The molecule has 0 aliphatic carbocycles. The number of ether oxygens (including phenoxy) is 1. The number of hydrogen-bond acceptors (Lipinski definition) is 8. The van der Waals surface area contributed by atoms with Crippen LogP contribution in [0.4, 0.5) is 4.79 Å². The number of primary amides is 1. The average Bonchev–Trinajstić information content (AvgIpc) is 2.47. The Hall–Kier alpha value is -1.65. The lowest BCUT2D eigenvalue weighted by Crippen LogP contribution is -2.39. The van der Waals surface area contributed by atoms with Crippen molar-refractivity contribution in [3.63, 3.8) is 0 Å². The maximum atomic E-state index is 11.5. The van der Waals surface area contributed by atoms with E-state index in [-0.39, 0.29) is 35.3 Å². The molecule has 1 aliphatic heterocycles. The van der Waals surface area contributed by atoms with E-state index in [1.54, 1.807) is 0 Å². The summed E-state index contributed by atoms with van der Waals surface area (Å²) in [4.78, 5) is 18.4. The molecule has 1 aliphatic rings. The van der Waals surface area contributed by atoms with E-state index in [2.05, 4.69) is 9.97 Å². The molecule has 1 amide bonds. The molecule has 2 unspecified atom stereocenters. The molecule has 1 aromatic rings. The number of aromatic hydroxyl groups is 1. The fraction of sp³-hybridized carbons (Fsp3) is 0.583. The van der Waals surface area contributed by atoms with Crippen LogP contribution in [0.5, 0.6) is 5.75 Å². The highest BCUT2D eigenvalue weighted by atomic mass is 35.5. The predicted octanol–water partition coefficient (Wildman–Crippen LogP) is 0.158. The van der Waals surface area contributed by atoms with Crippen LogP contribution >= 0.6 is 11.6 Å². The van der Waals surface area contributed by atoms with Gasteiger partial charge in [-0.15, -0.1) is 0 Å². The first kappa shape index (κ1) is 17.7. The molecule has 0 bridgehead atoms. The van der Waals surface area contributed by atoms with Crippen molar-refractivity contribution in [3.05, 3.63) is 17.2 Å². The van der Waals surface area contributed by atoms with E-state index in [1.165, 1.54) is 0 Å². The van der Waals surface area contributed by atoms with Gasteiger partial charge in [0.2, 0.25) is 5.28 Å². The van der Waals surface area contributed by atoms with E-state index in [0.717, 1.165) is 6.20 Å². The molecule has 9 nitrogen and oxygen atoms in total. The molecule has 2 atom stereocenters. The van der Waals surface area contributed by atoms with Crippen molar-refractivity contribution >= 4 is 27.5 Å². The van der Waals surface area contributed by atoms with Gasteiger partial charge < -0.3 is 20.7 Å². The number of hydrogen-bond donors (Lipinski definition) is 3. The Morgan fingerprint density at radius 1 is 1.43 bits per heavy atom. The lowest BCUT2D eigenvalue weighted by atomic mass is 9.90. The third-order valence-corrected chi connectivity index (χ3v) is 5.57. The maximum absolute atomic E-state index is 11.5. The van der Waals surface area contributed by atoms with Gasteiger partial charge in [0, 0.05) is 5.92 Å². The molecule has 0 radical (unpaired) electrons. The summed E-state index contributed by atoms with van der Waals surface area (Å²) >= 11 is 5.64. The first-order valence-corrected chi connectivity index (χ1v) is 8.95. The van der Waals surface area contributed by atoms with Gasteiger partial charge in [-0.05, 0) is 24.4 Å². The standard InChI is InChI=1S/C12H16ClN3O6S/c13-11-15-5-7(17)8(16-11)9(18)10(22-12(14)19)6-1-3-23(20,21)4-2-6/h5-6,9-10,17-18H,1-4H2,(H2,14,19). The third-order valence-electron chi connectivity index (χ3n) is 3.68. The van der Waals surface area contributed by atoms with Gasteiger partial charge in [0.15, 0.2) is 5.75 Å². The largest absolute Gasteiger partial charge is 0.504 e. The molecule has 1 aromatic heterocycles. The van der Waals surface area contributed by atoms with E-state index < -0.39 is 39.8 Å². The van der Waals surface area contributed by atoms with Crippen molar-refractivity contribution in [3.8, 4) is 5.75 Å². The molecular formula is C12H16ClN3O6S. The van der Waals surface area contributed by atoms with Gasteiger partial charge >= 0.3 is 6.09 Å². The van der Waals surface area contributed by atoms with Crippen molar-refractivity contribution in [1.82, 2.24) is 9.97 Å². The number of aliphatic hydroxyl groups excluding tert-OH is 1. The highest BCUT2D eigenvalue weighted by Crippen LogP contribution is 2.34. The number of aliphatic hydroxyl groups is 1. The molecule has 4 N–H and O–H groups in total. The van der Waals surface area contributed by atoms with E-state index in [4.69, 9.17) is 22.1 Å². The van der Waals surface area contributed by atoms with Crippen LogP contribution in [0, 0.1) is 5.92 Å². The molecule has 128 valence electrons. The molecule has 2 heterocycles. The van der Waals surface area contributed by atoms with Crippen LogP contribution in [0.25, 0.3) is 0 Å². The van der Waals surface area contributed by atoms with Crippen LogP contribution in [0.1, 0.15) is 24.6 Å². The lowest BCUT2D eigenvalue weighted by molar-refractivity contribution is -0.0330. The number of aromatic nitrogens is 2. The second-order valence-corrected chi connectivity index (χ2v) is 7.89. The first-order chi connectivity index (χ1) is 10.7.